The lowest BCUT2D eigenvalue weighted by atomic mass is 10.2. The molecule has 0 radical (unpaired) electrons. The molecule has 64 valence electrons. The molecule has 1 aromatic carbocycles. The van der Waals surface area contributed by atoms with Crippen molar-refractivity contribution >= 4 is 12.1 Å². The highest BCUT2D eigenvalue weighted by molar-refractivity contribution is 5.99. The van der Waals surface area contributed by atoms with Gasteiger partial charge >= 0.3 is 0 Å². The van der Waals surface area contributed by atoms with Crippen molar-refractivity contribution in [3.05, 3.63) is 29.8 Å². The largest absolute Gasteiger partial charge is 0.468 e. The van der Waals surface area contributed by atoms with Crippen molar-refractivity contribution < 1.29 is 4.74 Å². The van der Waals surface area contributed by atoms with Gasteiger partial charge in [0.15, 0.2) is 6.23 Å². The molecule has 3 aliphatic rings. The first kappa shape index (κ1) is 6.83. The van der Waals surface area contributed by atoms with Gasteiger partial charge in [0.05, 0.1) is 6.42 Å². The number of para-hydroxylation sites is 1. The number of aliphatic imine (C=N–C) groups is 2. The number of hydrogen-bond acceptors (Lipinski definition) is 3. The Bertz CT molecular complexity index is 409. The molecule has 0 fully saturated rings. The summed E-state index contributed by atoms with van der Waals surface area (Å²) >= 11 is 0. The first-order valence-corrected chi connectivity index (χ1v) is 4.28. The molecule has 0 aliphatic carbocycles. The Hall–Kier alpha value is -1.64. The number of benzene rings is 1. The van der Waals surface area contributed by atoms with Crippen molar-refractivity contribution in [1.82, 2.24) is 0 Å². The van der Waals surface area contributed by atoms with E-state index in [4.69, 9.17) is 4.74 Å². The van der Waals surface area contributed by atoms with Gasteiger partial charge in [-0.25, -0.2) is 9.98 Å². The predicted molar refractivity (Wildman–Crippen MR) is 50.5 cm³/mol. The van der Waals surface area contributed by atoms with Crippen LogP contribution in [0.15, 0.2) is 34.3 Å². The molecule has 1 atom stereocenters. The van der Waals surface area contributed by atoms with Crippen LogP contribution in [0.1, 0.15) is 12.0 Å². The van der Waals surface area contributed by atoms with Crippen LogP contribution in [0.5, 0.6) is 5.75 Å². The Balaban J connectivity index is 2.11. The van der Waals surface area contributed by atoms with Crippen LogP contribution in [0.3, 0.4) is 0 Å². The first-order chi connectivity index (χ1) is 6.42. The van der Waals surface area contributed by atoms with E-state index in [1.165, 1.54) is 0 Å². The number of ether oxygens (including phenoxy) is 1. The maximum atomic E-state index is 5.62. The van der Waals surface area contributed by atoms with Crippen molar-refractivity contribution in [2.24, 2.45) is 9.98 Å². The average molecular weight is 172 g/mol. The minimum Gasteiger partial charge on any atom is -0.468 e. The zero-order valence-electron chi connectivity index (χ0n) is 6.97. The third kappa shape index (κ3) is 1.04. The average Bonchev–Trinajstić information content (AvgIpc) is 2.02. The fourth-order valence-electron chi connectivity index (χ4n) is 1.45. The predicted octanol–water partition coefficient (Wildman–Crippen LogP) is 1.63. The van der Waals surface area contributed by atoms with E-state index in [0.717, 1.165) is 23.6 Å². The maximum Gasteiger partial charge on any atom is 0.198 e. The highest BCUT2D eigenvalue weighted by Crippen LogP contribution is 2.25. The van der Waals surface area contributed by atoms with Gasteiger partial charge in [0.25, 0.3) is 0 Å². The summed E-state index contributed by atoms with van der Waals surface area (Å²) in [6.07, 6.45) is 2.64. The van der Waals surface area contributed by atoms with E-state index >= 15 is 0 Å². The van der Waals surface area contributed by atoms with E-state index in [0.29, 0.717) is 0 Å². The Morgan fingerprint density at radius 3 is 3.08 bits per heavy atom. The quantitative estimate of drug-likeness (QED) is 0.585. The number of rotatable bonds is 0. The minimum atomic E-state index is -0.00593. The van der Waals surface area contributed by atoms with Crippen LogP contribution >= 0.6 is 0 Å². The molecule has 4 rings (SSSR count). The van der Waals surface area contributed by atoms with E-state index in [-0.39, 0.29) is 6.23 Å². The third-order valence-electron chi connectivity index (χ3n) is 2.18. The second-order valence-electron chi connectivity index (χ2n) is 3.12. The fraction of sp³-hybridized carbons (Fsp3) is 0.200. The molecule has 0 saturated heterocycles. The van der Waals surface area contributed by atoms with Gasteiger partial charge in [-0.3, -0.25) is 0 Å². The van der Waals surface area contributed by atoms with Gasteiger partial charge < -0.3 is 4.74 Å². The first-order valence-electron chi connectivity index (χ1n) is 4.28. The molecular formula is C10H8N2O. The second-order valence-corrected chi connectivity index (χ2v) is 3.12. The zero-order valence-corrected chi connectivity index (χ0v) is 6.97. The van der Waals surface area contributed by atoms with Crippen LogP contribution in [-0.2, 0) is 0 Å². The molecule has 0 amide bonds. The topological polar surface area (TPSA) is 34.0 Å². The summed E-state index contributed by atoms with van der Waals surface area (Å²) in [7, 11) is 0. The van der Waals surface area contributed by atoms with Crippen molar-refractivity contribution in [2.75, 3.05) is 0 Å². The summed E-state index contributed by atoms with van der Waals surface area (Å²) in [6.45, 7) is 0. The molecule has 0 aromatic heterocycles. The molecule has 1 aromatic rings. The molecule has 2 bridgehead atoms. The number of amidine groups is 1. The normalized spacial score (nSPS) is 23.1. The Kier molecular flexibility index (Phi) is 1.27. The van der Waals surface area contributed by atoms with Gasteiger partial charge in [0.2, 0.25) is 0 Å². The van der Waals surface area contributed by atoms with E-state index < -0.39 is 0 Å². The molecule has 3 nitrogen and oxygen atoms in total. The summed E-state index contributed by atoms with van der Waals surface area (Å²) in [5, 5.41) is 0. The lowest BCUT2D eigenvalue weighted by Crippen LogP contribution is -2.29. The minimum absolute atomic E-state index is 0.00593. The fourth-order valence-corrected chi connectivity index (χ4v) is 1.45. The van der Waals surface area contributed by atoms with Crippen molar-refractivity contribution in [1.29, 1.82) is 0 Å². The molecule has 13 heavy (non-hydrogen) atoms. The maximum absolute atomic E-state index is 5.62. The van der Waals surface area contributed by atoms with Crippen LogP contribution in [0, 0.1) is 0 Å². The second kappa shape index (κ2) is 2.42. The Morgan fingerprint density at radius 2 is 2.15 bits per heavy atom. The summed E-state index contributed by atoms with van der Waals surface area (Å²) in [5.74, 6) is 1.76. The monoisotopic (exact) mass is 172 g/mol. The summed E-state index contributed by atoms with van der Waals surface area (Å²) < 4.78 is 5.62. The van der Waals surface area contributed by atoms with E-state index in [2.05, 4.69) is 9.98 Å². The summed E-state index contributed by atoms with van der Waals surface area (Å²) in [6, 6.07) is 7.87. The van der Waals surface area contributed by atoms with Crippen LogP contribution < -0.4 is 4.74 Å². The molecule has 1 unspecified atom stereocenters. The van der Waals surface area contributed by atoms with E-state index in [1.807, 2.05) is 30.5 Å². The zero-order chi connectivity index (χ0) is 8.67. The molecule has 0 saturated carbocycles. The standard InChI is InChI=1S/C10H8N2O/c1-2-4-8-7(3-1)6-11-9-5-10(12-9)13-8/h1-4,6,10H,5H2. The molecule has 3 aliphatic heterocycles. The van der Waals surface area contributed by atoms with Crippen LogP contribution in [0.25, 0.3) is 0 Å². The number of hydrogen-bond donors (Lipinski definition) is 0. The highest BCUT2D eigenvalue weighted by Gasteiger charge is 2.24. The van der Waals surface area contributed by atoms with Crippen molar-refractivity contribution in [3.8, 4) is 5.75 Å². The smallest absolute Gasteiger partial charge is 0.198 e. The van der Waals surface area contributed by atoms with Crippen molar-refractivity contribution in [2.45, 2.75) is 12.6 Å². The van der Waals surface area contributed by atoms with Gasteiger partial charge in [-0.1, -0.05) is 12.1 Å². The summed E-state index contributed by atoms with van der Waals surface area (Å²) in [4.78, 5) is 8.41. The Morgan fingerprint density at radius 1 is 1.31 bits per heavy atom. The molecular weight excluding hydrogens is 164 g/mol. The van der Waals surface area contributed by atoms with Crippen LogP contribution in [-0.4, -0.2) is 18.3 Å². The van der Waals surface area contributed by atoms with Gasteiger partial charge in [-0.05, 0) is 12.1 Å². The van der Waals surface area contributed by atoms with E-state index in [9.17, 15) is 0 Å². The molecule has 0 N–H and O–H groups in total. The lowest BCUT2D eigenvalue weighted by Gasteiger charge is -2.25. The number of nitrogens with zero attached hydrogens (tertiary/aromatic N) is 2. The molecule has 3 heteroatoms. The van der Waals surface area contributed by atoms with Crippen molar-refractivity contribution in [3.63, 3.8) is 0 Å². The lowest BCUT2D eigenvalue weighted by molar-refractivity contribution is 0.200. The van der Waals surface area contributed by atoms with Crippen LogP contribution in [0.2, 0.25) is 0 Å². The van der Waals surface area contributed by atoms with E-state index in [1.54, 1.807) is 0 Å². The summed E-state index contributed by atoms with van der Waals surface area (Å²) in [5.41, 5.74) is 1.03. The highest BCUT2D eigenvalue weighted by atomic mass is 16.5. The SMILES string of the molecule is C1=NC2=NC(C2)Oc2ccccc21. The van der Waals surface area contributed by atoms with Gasteiger partial charge in [-0.15, -0.1) is 0 Å². The van der Waals surface area contributed by atoms with Gasteiger partial charge in [0.1, 0.15) is 11.6 Å². The third-order valence-corrected chi connectivity index (χ3v) is 2.18. The Labute approximate surface area is 75.8 Å². The van der Waals surface area contributed by atoms with Crippen LogP contribution in [0.4, 0.5) is 0 Å². The molecule has 3 heterocycles. The van der Waals surface area contributed by atoms with Gasteiger partial charge in [-0.2, -0.15) is 0 Å². The molecule has 0 spiro atoms. The van der Waals surface area contributed by atoms with Gasteiger partial charge in [0, 0.05) is 11.8 Å².